The van der Waals surface area contributed by atoms with Crippen LogP contribution in [0.25, 0.3) is 0 Å². The maximum Gasteiger partial charge on any atom is 0.378 e. The van der Waals surface area contributed by atoms with Gasteiger partial charge >= 0.3 is 13.0 Å². The first-order chi connectivity index (χ1) is 4.74. The van der Waals surface area contributed by atoms with Gasteiger partial charge in [-0.2, -0.15) is 0 Å². The summed E-state index contributed by atoms with van der Waals surface area (Å²) in [5, 5.41) is 8.44. The number of hydrogen-bond acceptors (Lipinski definition) is 4. The summed E-state index contributed by atoms with van der Waals surface area (Å²) < 4.78 is 16.0. The molecule has 1 aliphatic rings. The molecule has 0 saturated carbocycles. The Balaban J connectivity index is 2.35. The van der Waals surface area contributed by atoms with Gasteiger partial charge in [0.2, 0.25) is 0 Å². The molecule has 1 heterocycles. The van der Waals surface area contributed by atoms with Gasteiger partial charge in [0.25, 0.3) is 0 Å². The molecule has 3 atom stereocenters. The lowest BCUT2D eigenvalue weighted by Crippen LogP contribution is -2.14. The Morgan fingerprint density at radius 1 is 1.90 bits per heavy atom. The van der Waals surface area contributed by atoms with Gasteiger partial charge < -0.3 is 9.84 Å². The third kappa shape index (κ3) is 1.92. The Hall–Kier alpha value is 0.370. The zero-order chi connectivity index (χ0) is 7.56. The summed E-state index contributed by atoms with van der Waals surface area (Å²) in [6, 6.07) is 0. The van der Waals surface area contributed by atoms with Gasteiger partial charge in [-0.15, -0.1) is 0 Å². The van der Waals surface area contributed by atoms with Crippen LogP contribution in [0.4, 0.5) is 0 Å². The number of thioether (sulfide) groups is 1. The predicted molar refractivity (Wildman–Crippen MR) is 41.7 cm³/mol. The first-order valence-corrected chi connectivity index (χ1v) is 5.84. The topological polar surface area (TPSA) is 46.5 Å². The number of hydrogen-bond donors (Lipinski definition) is 1. The molecule has 5 heteroatoms. The molecule has 0 aromatic rings. The number of ether oxygens (including phenoxy) is 1. The maximum atomic E-state index is 10.8. The lowest BCUT2D eigenvalue weighted by atomic mass is 10.4. The molecule has 1 rings (SSSR count). The first kappa shape index (κ1) is 8.47. The van der Waals surface area contributed by atoms with Crippen molar-refractivity contribution in [2.75, 3.05) is 19.0 Å². The highest BCUT2D eigenvalue weighted by Crippen LogP contribution is 2.39. The van der Waals surface area contributed by atoms with Crippen molar-refractivity contribution in [3.05, 3.63) is 0 Å². The highest BCUT2D eigenvalue weighted by atomic mass is 32.2. The van der Waals surface area contributed by atoms with E-state index in [1.54, 1.807) is 6.66 Å². The molecule has 58 valence electrons. The third-order valence-corrected chi connectivity index (χ3v) is 4.25. The van der Waals surface area contributed by atoms with Crippen molar-refractivity contribution in [3.8, 4) is 0 Å². The lowest BCUT2D eigenvalue weighted by Gasteiger charge is -2.00. The van der Waals surface area contributed by atoms with Gasteiger partial charge in [0.1, 0.15) is 6.66 Å². The second kappa shape index (κ2) is 3.67. The standard InChI is InChI=1S/C5H10O3PS/c1-9(7)5-8-4(2-6)3-10-5/h4-6H,2-3H2,1H3/q+1. The SMILES string of the molecule is C[P+](=O)C1OC(CO)CS1. The fourth-order valence-corrected chi connectivity index (χ4v) is 2.96. The van der Waals surface area contributed by atoms with Crippen molar-refractivity contribution in [1.29, 1.82) is 0 Å². The Labute approximate surface area is 64.9 Å². The van der Waals surface area contributed by atoms with Crippen molar-refractivity contribution < 1.29 is 14.4 Å². The smallest absolute Gasteiger partial charge is 0.378 e. The molecule has 0 aromatic heterocycles. The molecule has 0 amide bonds. The van der Waals surface area contributed by atoms with Gasteiger partial charge in [0, 0.05) is 5.75 Å². The predicted octanol–water partition coefficient (Wildman–Crippen LogP) is 0.851. The average Bonchev–Trinajstić information content (AvgIpc) is 2.34. The van der Waals surface area contributed by atoms with E-state index in [1.165, 1.54) is 11.8 Å². The molecule has 3 unspecified atom stereocenters. The van der Waals surface area contributed by atoms with Crippen molar-refractivity contribution in [2.24, 2.45) is 0 Å². The van der Waals surface area contributed by atoms with Crippen LogP contribution in [0, 0.1) is 0 Å². The van der Waals surface area contributed by atoms with E-state index < -0.39 is 7.80 Å². The number of aliphatic hydroxyl groups is 1. The Morgan fingerprint density at radius 2 is 2.60 bits per heavy atom. The molecule has 1 aliphatic heterocycles. The Morgan fingerprint density at radius 3 is 2.90 bits per heavy atom. The fraction of sp³-hybridized carbons (Fsp3) is 1.00. The fourth-order valence-electron chi connectivity index (χ4n) is 0.719. The molecule has 0 bridgehead atoms. The van der Waals surface area contributed by atoms with Gasteiger partial charge in [-0.3, -0.25) is 0 Å². The summed E-state index contributed by atoms with van der Waals surface area (Å²) >= 11 is 1.52. The van der Waals surface area contributed by atoms with E-state index in [2.05, 4.69) is 0 Å². The molecular formula is C5H10O3PS+. The number of aliphatic hydroxyl groups excluding tert-OH is 1. The summed E-state index contributed by atoms with van der Waals surface area (Å²) in [6.45, 7) is 1.68. The molecule has 1 fully saturated rings. The molecule has 1 saturated heterocycles. The average molecular weight is 181 g/mol. The second-order valence-corrected chi connectivity index (χ2v) is 5.13. The number of rotatable bonds is 2. The highest BCUT2D eigenvalue weighted by Gasteiger charge is 2.36. The summed E-state index contributed by atoms with van der Waals surface area (Å²) in [7, 11) is -1.25. The van der Waals surface area contributed by atoms with Crippen molar-refractivity contribution >= 4 is 19.6 Å². The molecule has 0 aromatic carbocycles. The van der Waals surface area contributed by atoms with E-state index in [9.17, 15) is 4.57 Å². The monoisotopic (exact) mass is 181 g/mol. The quantitative estimate of drug-likeness (QED) is 0.641. The van der Waals surface area contributed by atoms with Crippen LogP contribution in [-0.2, 0) is 9.30 Å². The van der Waals surface area contributed by atoms with E-state index in [4.69, 9.17) is 9.84 Å². The first-order valence-electron chi connectivity index (χ1n) is 3.02. The molecule has 1 N–H and O–H groups in total. The normalized spacial score (nSPS) is 34.4. The maximum absolute atomic E-state index is 10.8. The van der Waals surface area contributed by atoms with E-state index in [1.807, 2.05) is 0 Å². The van der Waals surface area contributed by atoms with Gasteiger partial charge in [-0.05, 0) is 0 Å². The molecule has 0 aliphatic carbocycles. The van der Waals surface area contributed by atoms with Gasteiger partial charge in [0.15, 0.2) is 0 Å². The van der Waals surface area contributed by atoms with E-state index >= 15 is 0 Å². The minimum absolute atomic E-state index is 0.0344. The minimum Gasteiger partial charge on any atom is -0.394 e. The van der Waals surface area contributed by atoms with Crippen LogP contribution in [0.15, 0.2) is 0 Å². The molecule has 0 spiro atoms. The van der Waals surface area contributed by atoms with Crippen LogP contribution in [-0.4, -0.2) is 35.4 Å². The van der Waals surface area contributed by atoms with Crippen LogP contribution in [0.2, 0.25) is 0 Å². The molecular weight excluding hydrogens is 171 g/mol. The third-order valence-electron chi connectivity index (χ3n) is 1.23. The zero-order valence-electron chi connectivity index (χ0n) is 5.69. The van der Waals surface area contributed by atoms with Gasteiger partial charge in [-0.1, -0.05) is 16.3 Å². The molecule has 10 heavy (non-hydrogen) atoms. The Bertz CT molecular complexity index is 141. The molecule has 0 radical (unpaired) electrons. The summed E-state index contributed by atoms with van der Waals surface area (Å²) in [5.41, 5.74) is 0. The van der Waals surface area contributed by atoms with Crippen LogP contribution in [0.1, 0.15) is 0 Å². The second-order valence-electron chi connectivity index (χ2n) is 2.13. The van der Waals surface area contributed by atoms with E-state index in [0.29, 0.717) is 0 Å². The van der Waals surface area contributed by atoms with Crippen molar-refractivity contribution in [2.45, 2.75) is 11.3 Å². The van der Waals surface area contributed by atoms with Crippen LogP contribution < -0.4 is 0 Å². The van der Waals surface area contributed by atoms with E-state index in [0.717, 1.165) is 5.75 Å². The zero-order valence-corrected chi connectivity index (χ0v) is 7.40. The van der Waals surface area contributed by atoms with Crippen molar-refractivity contribution in [1.82, 2.24) is 0 Å². The highest BCUT2D eigenvalue weighted by molar-refractivity contribution is 8.04. The Kier molecular flexibility index (Phi) is 3.11. The van der Waals surface area contributed by atoms with Crippen LogP contribution in [0.5, 0.6) is 0 Å². The van der Waals surface area contributed by atoms with Gasteiger partial charge in [-0.25, -0.2) is 0 Å². The van der Waals surface area contributed by atoms with Crippen molar-refractivity contribution in [3.63, 3.8) is 0 Å². The van der Waals surface area contributed by atoms with Gasteiger partial charge in [0.05, 0.1) is 12.7 Å². The van der Waals surface area contributed by atoms with E-state index in [-0.39, 0.29) is 17.9 Å². The summed E-state index contributed by atoms with van der Waals surface area (Å²) in [6.07, 6.45) is -0.103. The van der Waals surface area contributed by atoms with Crippen LogP contribution in [0.3, 0.4) is 0 Å². The minimum atomic E-state index is -1.25. The molecule has 3 nitrogen and oxygen atoms in total. The van der Waals surface area contributed by atoms with Crippen LogP contribution >= 0.6 is 19.6 Å². The summed E-state index contributed by atoms with van der Waals surface area (Å²) in [4.78, 5) is 0. The lowest BCUT2D eigenvalue weighted by molar-refractivity contribution is 0.0542. The largest absolute Gasteiger partial charge is 0.394 e. The summed E-state index contributed by atoms with van der Waals surface area (Å²) in [5.74, 6) is 0.760.